The molecular weight excluding hydrogens is 194 g/mol. The van der Waals surface area contributed by atoms with Crippen molar-refractivity contribution in [1.82, 2.24) is 10.3 Å². The summed E-state index contributed by atoms with van der Waals surface area (Å²) in [5.74, 6) is 0.827. The summed E-state index contributed by atoms with van der Waals surface area (Å²) in [5.41, 5.74) is 6.57. The first kappa shape index (κ1) is 10.1. The van der Waals surface area contributed by atoms with Gasteiger partial charge in [0.25, 0.3) is 0 Å². The number of hydrogen-bond acceptors (Lipinski definition) is 4. The molecule has 78 valence electrons. The quantitative estimate of drug-likeness (QED) is 0.788. The lowest BCUT2D eigenvalue weighted by Crippen LogP contribution is -2.28. The van der Waals surface area contributed by atoms with E-state index in [2.05, 4.69) is 15.7 Å². The Kier molecular flexibility index (Phi) is 3.50. The van der Waals surface area contributed by atoms with Crippen molar-refractivity contribution in [2.24, 2.45) is 11.7 Å². The Hall–Kier alpha value is -0.450. The van der Waals surface area contributed by atoms with Gasteiger partial charge in [0.1, 0.15) is 0 Å². The lowest BCUT2D eigenvalue weighted by Gasteiger charge is -2.21. The smallest absolute Gasteiger partial charge is 0.0931 e. The van der Waals surface area contributed by atoms with Crippen LogP contribution in [0.1, 0.15) is 23.5 Å². The standard InChI is InChI=1S/C10H17N3S/c11-6-9-7-14-10(13-9)5-8-1-3-12-4-2-8/h7-8,12H,1-6,11H2. The molecule has 0 aromatic carbocycles. The molecule has 1 fully saturated rings. The van der Waals surface area contributed by atoms with E-state index in [4.69, 9.17) is 5.73 Å². The highest BCUT2D eigenvalue weighted by Crippen LogP contribution is 2.20. The average molecular weight is 211 g/mol. The van der Waals surface area contributed by atoms with Crippen molar-refractivity contribution in [2.45, 2.75) is 25.8 Å². The summed E-state index contributed by atoms with van der Waals surface area (Å²) in [6.07, 6.45) is 3.72. The number of nitrogens with two attached hydrogens (primary N) is 1. The monoisotopic (exact) mass is 211 g/mol. The van der Waals surface area contributed by atoms with Gasteiger partial charge in [-0.3, -0.25) is 0 Å². The maximum atomic E-state index is 5.53. The molecule has 3 nitrogen and oxygen atoms in total. The molecule has 14 heavy (non-hydrogen) atoms. The first-order valence-corrected chi connectivity index (χ1v) is 6.10. The zero-order chi connectivity index (χ0) is 9.80. The van der Waals surface area contributed by atoms with Crippen LogP contribution in [0.5, 0.6) is 0 Å². The minimum atomic E-state index is 0.572. The summed E-state index contributed by atoms with van der Waals surface area (Å²) in [5, 5.41) is 6.72. The molecule has 1 aromatic rings. The van der Waals surface area contributed by atoms with Crippen molar-refractivity contribution < 1.29 is 0 Å². The normalized spacial score (nSPS) is 18.6. The van der Waals surface area contributed by atoms with Gasteiger partial charge in [-0.05, 0) is 31.8 Å². The van der Waals surface area contributed by atoms with E-state index >= 15 is 0 Å². The highest BCUT2D eigenvalue weighted by molar-refractivity contribution is 7.09. The van der Waals surface area contributed by atoms with Crippen LogP contribution in [0.2, 0.25) is 0 Å². The van der Waals surface area contributed by atoms with Gasteiger partial charge in [0, 0.05) is 18.3 Å². The third-order valence-electron chi connectivity index (χ3n) is 2.73. The van der Waals surface area contributed by atoms with Gasteiger partial charge >= 0.3 is 0 Å². The van der Waals surface area contributed by atoms with Crippen LogP contribution in [0, 0.1) is 5.92 Å². The van der Waals surface area contributed by atoms with E-state index in [9.17, 15) is 0 Å². The maximum absolute atomic E-state index is 5.53. The summed E-state index contributed by atoms with van der Waals surface area (Å²) in [4.78, 5) is 4.50. The Morgan fingerprint density at radius 2 is 2.29 bits per heavy atom. The van der Waals surface area contributed by atoms with Crippen molar-refractivity contribution in [3.05, 3.63) is 16.1 Å². The average Bonchev–Trinajstić information content (AvgIpc) is 2.67. The Morgan fingerprint density at radius 3 is 2.93 bits per heavy atom. The molecule has 0 spiro atoms. The highest BCUT2D eigenvalue weighted by Gasteiger charge is 2.14. The summed E-state index contributed by atoms with van der Waals surface area (Å²) in [6.45, 7) is 2.91. The van der Waals surface area contributed by atoms with Crippen molar-refractivity contribution in [3.8, 4) is 0 Å². The van der Waals surface area contributed by atoms with Crippen molar-refractivity contribution in [3.63, 3.8) is 0 Å². The molecule has 0 amide bonds. The number of hydrogen-bond donors (Lipinski definition) is 2. The van der Waals surface area contributed by atoms with E-state index in [1.54, 1.807) is 11.3 Å². The van der Waals surface area contributed by atoms with Gasteiger partial charge < -0.3 is 11.1 Å². The van der Waals surface area contributed by atoms with E-state index in [1.165, 1.54) is 30.9 Å². The third-order valence-corrected chi connectivity index (χ3v) is 3.65. The molecule has 4 heteroatoms. The number of thiazole rings is 1. The van der Waals surface area contributed by atoms with Gasteiger partial charge in [-0.15, -0.1) is 11.3 Å². The zero-order valence-corrected chi connectivity index (χ0v) is 9.15. The third kappa shape index (κ3) is 2.53. The van der Waals surface area contributed by atoms with E-state index in [0.717, 1.165) is 18.0 Å². The van der Waals surface area contributed by atoms with Crippen LogP contribution in [-0.2, 0) is 13.0 Å². The minimum Gasteiger partial charge on any atom is -0.325 e. The lowest BCUT2D eigenvalue weighted by molar-refractivity contribution is 0.372. The van der Waals surface area contributed by atoms with E-state index in [1.807, 2.05) is 0 Å². The SMILES string of the molecule is NCc1csc(CC2CCNCC2)n1. The number of piperidine rings is 1. The summed E-state index contributed by atoms with van der Waals surface area (Å²) in [6, 6.07) is 0. The molecule has 0 bridgehead atoms. The molecule has 0 aliphatic carbocycles. The van der Waals surface area contributed by atoms with Gasteiger partial charge in [-0.25, -0.2) is 4.98 Å². The summed E-state index contributed by atoms with van der Waals surface area (Å²) in [7, 11) is 0. The van der Waals surface area contributed by atoms with Crippen LogP contribution in [-0.4, -0.2) is 18.1 Å². The number of nitrogens with zero attached hydrogens (tertiary/aromatic N) is 1. The van der Waals surface area contributed by atoms with Crippen LogP contribution in [0.3, 0.4) is 0 Å². The largest absolute Gasteiger partial charge is 0.325 e. The predicted molar refractivity (Wildman–Crippen MR) is 59.3 cm³/mol. The minimum absolute atomic E-state index is 0.572. The molecule has 0 atom stereocenters. The predicted octanol–water partition coefficient (Wildman–Crippen LogP) is 1.14. The van der Waals surface area contributed by atoms with Crippen LogP contribution >= 0.6 is 11.3 Å². The summed E-state index contributed by atoms with van der Waals surface area (Å²) >= 11 is 1.76. The second-order valence-electron chi connectivity index (χ2n) is 3.83. The number of rotatable bonds is 3. The molecule has 2 heterocycles. The first-order valence-electron chi connectivity index (χ1n) is 5.22. The fraction of sp³-hybridized carbons (Fsp3) is 0.700. The van der Waals surface area contributed by atoms with Crippen molar-refractivity contribution >= 4 is 11.3 Å². The van der Waals surface area contributed by atoms with Crippen LogP contribution < -0.4 is 11.1 Å². The molecule has 0 saturated carbocycles. The number of nitrogens with one attached hydrogen (secondary N) is 1. The lowest BCUT2D eigenvalue weighted by atomic mass is 9.95. The molecular formula is C10H17N3S. The van der Waals surface area contributed by atoms with Crippen molar-refractivity contribution in [1.29, 1.82) is 0 Å². The molecule has 1 aromatic heterocycles. The second-order valence-corrected chi connectivity index (χ2v) is 4.78. The zero-order valence-electron chi connectivity index (χ0n) is 8.33. The number of aromatic nitrogens is 1. The first-order chi connectivity index (χ1) is 6.88. The molecule has 2 rings (SSSR count). The molecule has 3 N–H and O–H groups in total. The molecule has 1 aliphatic rings. The summed E-state index contributed by atoms with van der Waals surface area (Å²) < 4.78 is 0. The molecule has 0 radical (unpaired) electrons. The van der Waals surface area contributed by atoms with Gasteiger partial charge in [0.05, 0.1) is 10.7 Å². The fourth-order valence-electron chi connectivity index (χ4n) is 1.87. The van der Waals surface area contributed by atoms with Gasteiger partial charge in [-0.2, -0.15) is 0 Å². The Bertz CT molecular complexity index is 279. The molecule has 1 saturated heterocycles. The van der Waals surface area contributed by atoms with E-state index < -0.39 is 0 Å². The van der Waals surface area contributed by atoms with Gasteiger partial charge in [-0.1, -0.05) is 0 Å². The Morgan fingerprint density at radius 1 is 1.50 bits per heavy atom. The second kappa shape index (κ2) is 4.87. The van der Waals surface area contributed by atoms with Crippen LogP contribution in [0.4, 0.5) is 0 Å². The maximum Gasteiger partial charge on any atom is 0.0931 e. The topological polar surface area (TPSA) is 50.9 Å². The van der Waals surface area contributed by atoms with Gasteiger partial charge in [0.15, 0.2) is 0 Å². The van der Waals surface area contributed by atoms with Gasteiger partial charge in [0.2, 0.25) is 0 Å². The fourth-order valence-corrected chi connectivity index (χ4v) is 2.79. The van der Waals surface area contributed by atoms with Crippen LogP contribution in [0.25, 0.3) is 0 Å². The van der Waals surface area contributed by atoms with Crippen LogP contribution in [0.15, 0.2) is 5.38 Å². The Balaban J connectivity index is 1.89. The highest BCUT2D eigenvalue weighted by atomic mass is 32.1. The Labute approximate surface area is 88.7 Å². The van der Waals surface area contributed by atoms with E-state index in [0.29, 0.717) is 6.54 Å². The van der Waals surface area contributed by atoms with Crippen molar-refractivity contribution in [2.75, 3.05) is 13.1 Å². The van der Waals surface area contributed by atoms with E-state index in [-0.39, 0.29) is 0 Å². The molecule has 0 unspecified atom stereocenters. The molecule has 1 aliphatic heterocycles.